The van der Waals surface area contributed by atoms with Crippen LogP contribution in [0.4, 0.5) is 11.4 Å². The molecule has 0 fully saturated rings. The van der Waals surface area contributed by atoms with Gasteiger partial charge in [-0.2, -0.15) is 0 Å². The molecule has 8 nitrogen and oxygen atoms in total. The van der Waals surface area contributed by atoms with Gasteiger partial charge in [-0.05, 0) is 37.6 Å². The van der Waals surface area contributed by atoms with Crippen LogP contribution in [0, 0.1) is 17.0 Å². The van der Waals surface area contributed by atoms with Gasteiger partial charge in [0.1, 0.15) is 11.4 Å². The van der Waals surface area contributed by atoms with Gasteiger partial charge >= 0.3 is 0 Å². The van der Waals surface area contributed by atoms with Gasteiger partial charge in [-0.3, -0.25) is 14.9 Å². The maximum absolute atomic E-state index is 12.2. The van der Waals surface area contributed by atoms with E-state index >= 15 is 0 Å². The van der Waals surface area contributed by atoms with E-state index in [1.807, 2.05) is 25.1 Å². The van der Waals surface area contributed by atoms with Crippen LogP contribution in [-0.2, 0) is 4.79 Å². The molecule has 0 saturated carbocycles. The highest BCUT2D eigenvalue weighted by Crippen LogP contribution is 2.26. The zero-order valence-electron chi connectivity index (χ0n) is 14.8. The third-order valence-corrected chi connectivity index (χ3v) is 4.58. The molecule has 0 radical (unpaired) electrons. The minimum absolute atomic E-state index is 0.0726. The van der Waals surface area contributed by atoms with E-state index in [4.69, 9.17) is 4.74 Å². The zero-order chi connectivity index (χ0) is 19.4. The van der Waals surface area contributed by atoms with Crippen molar-refractivity contribution in [2.75, 3.05) is 17.7 Å². The molecule has 1 amide bonds. The summed E-state index contributed by atoms with van der Waals surface area (Å²) in [6, 6.07) is 10.2. The first-order valence-electron chi connectivity index (χ1n) is 8.26. The lowest BCUT2D eigenvalue weighted by molar-refractivity contribution is -0.384. The van der Waals surface area contributed by atoms with Crippen molar-refractivity contribution in [3.8, 4) is 5.75 Å². The van der Waals surface area contributed by atoms with E-state index in [1.165, 1.54) is 23.9 Å². The first-order chi connectivity index (χ1) is 13.0. The predicted molar refractivity (Wildman–Crippen MR) is 104 cm³/mol. The normalized spacial score (nSPS) is 10.7. The van der Waals surface area contributed by atoms with E-state index < -0.39 is 4.92 Å². The number of nitro groups is 1. The number of carbonyl (C=O) groups excluding carboxylic acids is 1. The number of hydrogen-bond donors (Lipinski definition) is 2. The van der Waals surface area contributed by atoms with Gasteiger partial charge in [0.15, 0.2) is 5.16 Å². The molecule has 140 valence electrons. The summed E-state index contributed by atoms with van der Waals surface area (Å²) in [5, 5.41) is 14.3. The minimum atomic E-state index is -0.509. The van der Waals surface area contributed by atoms with Crippen LogP contribution in [0.2, 0.25) is 0 Å². The number of H-pyrrole nitrogens is 1. The first kappa shape index (κ1) is 18.7. The molecule has 0 aliphatic carbocycles. The Balaban J connectivity index is 1.66. The molecule has 0 aliphatic rings. The number of amides is 1. The molecule has 1 aromatic heterocycles. The molecule has 0 atom stereocenters. The van der Waals surface area contributed by atoms with Crippen molar-refractivity contribution < 1.29 is 14.5 Å². The average Bonchev–Trinajstić information content (AvgIpc) is 3.04. The number of ether oxygens (including phenoxy) is 1. The second-order valence-electron chi connectivity index (χ2n) is 5.77. The lowest BCUT2D eigenvalue weighted by Gasteiger charge is -2.06. The van der Waals surface area contributed by atoms with Crippen molar-refractivity contribution in [2.45, 2.75) is 19.0 Å². The van der Waals surface area contributed by atoms with Crippen molar-refractivity contribution in [2.24, 2.45) is 0 Å². The van der Waals surface area contributed by atoms with E-state index in [2.05, 4.69) is 15.3 Å². The van der Waals surface area contributed by atoms with Gasteiger partial charge in [-0.15, -0.1) is 0 Å². The average molecular weight is 386 g/mol. The number of hydrogen-bond acceptors (Lipinski definition) is 6. The van der Waals surface area contributed by atoms with Crippen LogP contribution in [0.5, 0.6) is 5.75 Å². The van der Waals surface area contributed by atoms with Gasteiger partial charge in [0.25, 0.3) is 5.69 Å². The summed E-state index contributed by atoms with van der Waals surface area (Å²) in [4.78, 5) is 30.4. The highest BCUT2D eigenvalue weighted by Gasteiger charge is 2.16. The van der Waals surface area contributed by atoms with Crippen LogP contribution >= 0.6 is 11.8 Å². The standard InChI is InChI=1S/C18H18N4O4S/c1-3-26-12-5-7-13-15(9-12)21-18(20-13)27-10-17(23)19-14-6-4-11(2)8-16(14)22(24)25/h4-9H,3,10H2,1-2H3,(H,19,23)(H,20,21). The van der Waals surface area contributed by atoms with E-state index in [0.717, 1.165) is 22.3 Å². The van der Waals surface area contributed by atoms with E-state index in [-0.39, 0.29) is 23.0 Å². The van der Waals surface area contributed by atoms with Gasteiger partial charge in [-0.1, -0.05) is 17.8 Å². The molecule has 0 bridgehead atoms. The molecule has 0 aliphatic heterocycles. The fraction of sp³-hybridized carbons (Fsp3) is 0.222. The largest absolute Gasteiger partial charge is 0.494 e. The zero-order valence-corrected chi connectivity index (χ0v) is 15.6. The Morgan fingerprint density at radius 1 is 1.33 bits per heavy atom. The van der Waals surface area contributed by atoms with Gasteiger partial charge in [-0.25, -0.2) is 4.98 Å². The predicted octanol–water partition coefficient (Wildman–Crippen LogP) is 3.91. The number of aryl methyl sites for hydroxylation is 1. The second kappa shape index (κ2) is 8.09. The molecule has 3 aromatic rings. The molecule has 2 aromatic carbocycles. The Labute approximate surface area is 159 Å². The molecular formula is C18H18N4O4S. The lowest BCUT2D eigenvalue weighted by atomic mass is 10.2. The Kier molecular flexibility index (Phi) is 5.60. The van der Waals surface area contributed by atoms with Gasteiger partial charge in [0, 0.05) is 12.1 Å². The number of aromatic amines is 1. The number of aromatic nitrogens is 2. The van der Waals surface area contributed by atoms with Crippen LogP contribution in [0.25, 0.3) is 11.0 Å². The number of carbonyl (C=O) groups is 1. The van der Waals surface area contributed by atoms with Crippen molar-refractivity contribution in [3.05, 3.63) is 52.1 Å². The Hall–Kier alpha value is -3.07. The fourth-order valence-corrected chi connectivity index (χ4v) is 3.19. The maximum Gasteiger partial charge on any atom is 0.293 e. The summed E-state index contributed by atoms with van der Waals surface area (Å²) >= 11 is 1.22. The number of nitrogens with one attached hydrogen (secondary N) is 2. The maximum atomic E-state index is 12.2. The number of nitro benzene ring substituents is 1. The number of nitrogens with zero attached hydrogens (tertiary/aromatic N) is 2. The van der Waals surface area contributed by atoms with Gasteiger partial charge < -0.3 is 15.0 Å². The molecule has 2 N–H and O–H groups in total. The topological polar surface area (TPSA) is 110 Å². The van der Waals surface area contributed by atoms with E-state index in [1.54, 1.807) is 13.0 Å². The third kappa shape index (κ3) is 4.56. The summed E-state index contributed by atoms with van der Waals surface area (Å²) in [6.07, 6.45) is 0. The molecule has 0 unspecified atom stereocenters. The summed E-state index contributed by atoms with van der Waals surface area (Å²) < 4.78 is 5.45. The van der Waals surface area contributed by atoms with Crippen molar-refractivity contribution >= 4 is 40.1 Å². The van der Waals surface area contributed by atoms with Gasteiger partial charge in [0.05, 0.1) is 28.3 Å². The van der Waals surface area contributed by atoms with Crippen LogP contribution < -0.4 is 10.1 Å². The Morgan fingerprint density at radius 3 is 2.89 bits per heavy atom. The lowest BCUT2D eigenvalue weighted by Crippen LogP contribution is -2.15. The summed E-state index contributed by atoms with van der Waals surface area (Å²) in [7, 11) is 0. The Morgan fingerprint density at radius 2 is 2.15 bits per heavy atom. The number of thioether (sulfide) groups is 1. The smallest absolute Gasteiger partial charge is 0.293 e. The summed E-state index contributed by atoms with van der Waals surface area (Å²) in [5.74, 6) is 0.473. The molecule has 1 heterocycles. The monoisotopic (exact) mass is 386 g/mol. The Bertz CT molecular complexity index is 1000. The molecule has 3 rings (SSSR count). The second-order valence-corrected chi connectivity index (χ2v) is 6.73. The number of imidazole rings is 1. The van der Waals surface area contributed by atoms with Crippen molar-refractivity contribution in [3.63, 3.8) is 0 Å². The number of rotatable bonds is 7. The highest BCUT2D eigenvalue weighted by molar-refractivity contribution is 7.99. The SMILES string of the molecule is CCOc1ccc2nc(SCC(=O)Nc3ccc(C)cc3[N+](=O)[O-])[nH]c2c1. The van der Waals surface area contributed by atoms with Crippen molar-refractivity contribution in [1.29, 1.82) is 0 Å². The van der Waals surface area contributed by atoms with Gasteiger partial charge in [0.2, 0.25) is 5.91 Å². The van der Waals surface area contributed by atoms with Crippen LogP contribution in [0.15, 0.2) is 41.6 Å². The molecule has 0 spiro atoms. The first-order valence-corrected chi connectivity index (χ1v) is 9.25. The number of fused-ring (bicyclic) bond motifs is 1. The molecule has 27 heavy (non-hydrogen) atoms. The number of benzene rings is 2. The number of anilines is 1. The van der Waals surface area contributed by atoms with E-state index in [0.29, 0.717) is 11.8 Å². The summed E-state index contributed by atoms with van der Waals surface area (Å²) in [5.41, 5.74) is 2.40. The third-order valence-electron chi connectivity index (χ3n) is 3.71. The van der Waals surface area contributed by atoms with Crippen LogP contribution in [-0.4, -0.2) is 33.2 Å². The quantitative estimate of drug-likeness (QED) is 0.362. The van der Waals surface area contributed by atoms with E-state index in [9.17, 15) is 14.9 Å². The summed E-state index contributed by atoms with van der Waals surface area (Å²) in [6.45, 7) is 4.25. The molecule has 0 saturated heterocycles. The van der Waals surface area contributed by atoms with Crippen LogP contribution in [0.1, 0.15) is 12.5 Å². The fourth-order valence-electron chi connectivity index (χ4n) is 2.51. The van der Waals surface area contributed by atoms with Crippen molar-refractivity contribution in [1.82, 2.24) is 9.97 Å². The minimum Gasteiger partial charge on any atom is -0.494 e. The molecular weight excluding hydrogens is 368 g/mol. The van der Waals surface area contributed by atoms with Crippen LogP contribution in [0.3, 0.4) is 0 Å². The highest BCUT2D eigenvalue weighted by atomic mass is 32.2. The molecule has 9 heteroatoms.